The van der Waals surface area contributed by atoms with E-state index >= 15 is 0 Å². The van der Waals surface area contributed by atoms with Crippen LogP contribution in [0.3, 0.4) is 0 Å². The van der Waals surface area contributed by atoms with Crippen molar-refractivity contribution in [3.8, 4) is 0 Å². The minimum Gasteiger partial charge on any atom is -0.389 e. The highest BCUT2D eigenvalue weighted by Gasteiger charge is 2.12. The maximum atomic E-state index is 9.58. The van der Waals surface area contributed by atoms with E-state index in [9.17, 15) is 5.11 Å². The number of rotatable bonds is 0. The molecule has 0 bridgehead atoms. The molecular formula is C9H15BrO. The molecule has 0 radical (unpaired) electrons. The van der Waals surface area contributed by atoms with E-state index in [-0.39, 0.29) is 6.10 Å². The van der Waals surface area contributed by atoms with Crippen molar-refractivity contribution < 1.29 is 5.11 Å². The summed E-state index contributed by atoms with van der Waals surface area (Å²) in [5, 5.41) is 9.58. The van der Waals surface area contributed by atoms with Crippen LogP contribution in [0.25, 0.3) is 0 Å². The number of halogens is 1. The van der Waals surface area contributed by atoms with E-state index in [0.29, 0.717) is 0 Å². The summed E-state index contributed by atoms with van der Waals surface area (Å²) in [5.41, 5.74) is 1.17. The Morgan fingerprint density at radius 1 is 1.27 bits per heavy atom. The van der Waals surface area contributed by atoms with Crippen LogP contribution >= 0.6 is 15.9 Å². The molecule has 1 unspecified atom stereocenters. The molecule has 0 heterocycles. The Morgan fingerprint density at radius 2 is 2.00 bits per heavy atom. The molecule has 2 heteroatoms. The predicted molar refractivity (Wildman–Crippen MR) is 50.7 cm³/mol. The Bertz CT molecular complexity index is 142. The van der Waals surface area contributed by atoms with Crippen molar-refractivity contribution in [3.05, 3.63) is 10.6 Å². The van der Waals surface area contributed by atoms with Gasteiger partial charge in [0.2, 0.25) is 0 Å². The standard InChI is InChI=1S/C9H15BrO/c10-7-8-5-3-1-2-4-6-9(8)11/h7,9,11H,1-6H2. The molecule has 0 amide bonds. The summed E-state index contributed by atoms with van der Waals surface area (Å²) in [4.78, 5) is 1.89. The van der Waals surface area contributed by atoms with Gasteiger partial charge in [0.05, 0.1) is 6.10 Å². The molecule has 0 aromatic carbocycles. The van der Waals surface area contributed by atoms with Gasteiger partial charge in [-0.2, -0.15) is 0 Å². The topological polar surface area (TPSA) is 20.2 Å². The van der Waals surface area contributed by atoms with Gasteiger partial charge < -0.3 is 5.11 Å². The van der Waals surface area contributed by atoms with E-state index in [1.807, 2.05) is 4.99 Å². The smallest absolute Gasteiger partial charge is 0.0758 e. The Balaban J connectivity index is 2.46. The fourth-order valence-electron chi connectivity index (χ4n) is 1.50. The van der Waals surface area contributed by atoms with E-state index < -0.39 is 0 Å². The average Bonchev–Trinajstić information content (AvgIpc) is 1.98. The summed E-state index contributed by atoms with van der Waals surface area (Å²) in [7, 11) is 0. The molecule has 0 aromatic heterocycles. The van der Waals surface area contributed by atoms with Crippen molar-refractivity contribution in [2.75, 3.05) is 0 Å². The molecule has 1 aliphatic rings. The molecule has 1 rings (SSSR count). The minimum absolute atomic E-state index is 0.185. The van der Waals surface area contributed by atoms with E-state index in [0.717, 1.165) is 12.8 Å². The number of hydrogen-bond acceptors (Lipinski definition) is 1. The molecule has 1 saturated carbocycles. The third kappa shape index (κ3) is 2.96. The summed E-state index contributed by atoms with van der Waals surface area (Å²) in [6.45, 7) is 0. The molecule has 0 spiro atoms. The SMILES string of the molecule is OC1CCCCCCC1=CBr. The Hall–Kier alpha value is 0.180. The zero-order valence-corrected chi connectivity index (χ0v) is 8.31. The fraction of sp³-hybridized carbons (Fsp3) is 0.778. The maximum absolute atomic E-state index is 9.58. The number of aliphatic hydroxyl groups is 1. The minimum atomic E-state index is -0.185. The van der Waals surface area contributed by atoms with Gasteiger partial charge in [-0.15, -0.1) is 0 Å². The largest absolute Gasteiger partial charge is 0.389 e. The summed E-state index contributed by atoms with van der Waals surface area (Å²) in [6.07, 6.45) is 6.82. The van der Waals surface area contributed by atoms with Crippen molar-refractivity contribution in [3.63, 3.8) is 0 Å². The zero-order chi connectivity index (χ0) is 8.10. The van der Waals surface area contributed by atoms with Crippen molar-refractivity contribution in [2.24, 2.45) is 0 Å². The number of aliphatic hydroxyl groups excluding tert-OH is 1. The van der Waals surface area contributed by atoms with Gasteiger partial charge in [-0.05, 0) is 29.8 Å². The lowest BCUT2D eigenvalue weighted by Crippen LogP contribution is -2.11. The summed E-state index contributed by atoms with van der Waals surface area (Å²) >= 11 is 3.29. The Labute approximate surface area is 76.6 Å². The summed E-state index contributed by atoms with van der Waals surface area (Å²) < 4.78 is 0. The highest BCUT2D eigenvalue weighted by Crippen LogP contribution is 2.22. The molecule has 0 aliphatic heterocycles. The van der Waals surface area contributed by atoms with Gasteiger partial charge in [-0.25, -0.2) is 0 Å². The third-order valence-corrected chi connectivity index (χ3v) is 2.85. The van der Waals surface area contributed by atoms with Crippen LogP contribution in [0.4, 0.5) is 0 Å². The van der Waals surface area contributed by atoms with Gasteiger partial charge in [0.25, 0.3) is 0 Å². The highest BCUT2D eigenvalue weighted by molar-refractivity contribution is 9.11. The van der Waals surface area contributed by atoms with Gasteiger partial charge in [-0.1, -0.05) is 35.2 Å². The zero-order valence-electron chi connectivity index (χ0n) is 6.72. The quantitative estimate of drug-likeness (QED) is 0.664. The van der Waals surface area contributed by atoms with E-state index in [1.54, 1.807) is 0 Å². The molecule has 1 atom stereocenters. The molecule has 0 saturated heterocycles. The lowest BCUT2D eigenvalue weighted by atomic mass is 9.95. The van der Waals surface area contributed by atoms with Crippen LogP contribution in [0.5, 0.6) is 0 Å². The normalized spacial score (nSPS) is 31.5. The first kappa shape index (κ1) is 9.27. The van der Waals surface area contributed by atoms with Gasteiger partial charge in [0.1, 0.15) is 0 Å². The van der Waals surface area contributed by atoms with Crippen molar-refractivity contribution >= 4 is 15.9 Å². The molecule has 1 N–H and O–H groups in total. The van der Waals surface area contributed by atoms with E-state index in [4.69, 9.17) is 0 Å². The monoisotopic (exact) mass is 218 g/mol. The van der Waals surface area contributed by atoms with Crippen LogP contribution in [0.1, 0.15) is 38.5 Å². The average molecular weight is 219 g/mol. The van der Waals surface area contributed by atoms with Crippen LogP contribution in [-0.4, -0.2) is 11.2 Å². The molecule has 1 nitrogen and oxygen atoms in total. The molecule has 64 valence electrons. The molecular weight excluding hydrogens is 204 g/mol. The second kappa shape index (κ2) is 4.94. The lowest BCUT2D eigenvalue weighted by molar-refractivity contribution is 0.187. The summed E-state index contributed by atoms with van der Waals surface area (Å²) in [5.74, 6) is 0. The van der Waals surface area contributed by atoms with Crippen LogP contribution in [0.2, 0.25) is 0 Å². The third-order valence-electron chi connectivity index (χ3n) is 2.26. The van der Waals surface area contributed by atoms with E-state index in [2.05, 4.69) is 15.9 Å². The van der Waals surface area contributed by atoms with Crippen molar-refractivity contribution in [2.45, 2.75) is 44.6 Å². The van der Waals surface area contributed by atoms with Crippen LogP contribution in [0, 0.1) is 0 Å². The molecule has 1 fully saturated rings. The van der Waals surface area contributed by atoms with Crippen molar-refractivity contribution in [1.82, 2.24) is 0 Å². The van der Waals surface area contributed by atoms with Crippen LogP contribution < -0.4 is 0 Å². The Kier molecular flexibility index (Phi) is 4.16. The first-order chi connectivity index (χ1) is 5.34. The van der Waals surface area contributed by atoms with Crippen molar-refractivity contribution in [1.29, 1.82) is 0 Å². The fourth-order valence-corrected chi connectivity index (χ4v) is 2.03. The first-order valence-electron chi connectivity index (χ1n) is 4.32. The number of hydrogen-bond donors (Lipinski definition) is 1. The molecule has 11 heavy (non-hydrogen) atoms. The molecule has 0 aromatic rings. The van der Waals surface area contributed by atoms with Gasteiger partial charge in [0.15, 0.2) is 0 Å². The lowest BCUT2D eigenvalue weighted by Gasteiger charge is -2.17. The van der Waals surface area contributed by atoms with Gasteiger partial charge >= 0.3 is 0 Å². The van der Waals surface area contributed by atoms with Crippen LogP contribution in [-0.2, 0) is 0 Å². The van der Waals surface area contributed by atoms with E-state index in [1.165, 1.54) is 31.3 Å². The van der Waals surface area contributed by atoms with Gasteiger partial charge in [0, 0.05) is 0 Å². The highest BCUT2D eigenvalue weighted by atomic mass is 79.9. The van der Waals surface area contributed by atoms with Gasteiger partial charge in [-0.3, -0.25) is 0 Å². The predicted octanol–water partition coefficient (Wildman–Crippen LogP) is 2.98. The van der Waals surface area contributed by atoms with Crippen LogP contribution in [0.15, 0.2) is 10.6 Å². The second-order valence-electron chi connectivity index (χ2n) is 3.15. The first-order valence-corrected chi connectivity index (χ1v) is 5.23. The Morgan fingerprint density at radius 3 is 2.73 bits per heavy atom. The molecule has 1 aliphatic carbocycles. The maximum Gasteiger partial charge on any atom is 0.0758 e. The second-order valence-corrected chi connectivity index (χ2v) is 3.61. The summed E-state index contributed by atoms with van der Waals surface area (Å²) in [6, 6.07) is 0.